The van der Waals surface area contributed by atoms with Gasteiger partial charge in [0, 0.05) is 19.8 Å². The van der Waals surface area contributed by atoms with Crippen LogP contribution in [0.1, 0.15) is 43.0 Å². The molecule has 1 aliphatic heterocycles. The highest BCUT2D eigenvalue weighted by Gasteiger charge is 2.14. The number of nitrogens with one attached hydrogen (secondary N) is 1. The van der Waals surface area contributed by atoms with E-state index in [1.807, 2.05) is 7.05 Å². The fourth-order valence-corrected chi connectivity index (χ4v) is 2.59. The molecule has 1 aromatic rings. The Labute approximate surface area is 121 Å². The van der Waals surface area contributed by atoms with Crippen molar-refractivity contribution in [1.29, 1.82) is 0 Å². The van der Waals surface area contributed by atoms with Crippen molar-refractivity contribution in [3.63, 3.8) is 0 Å². The van der Waals surface area contributed by atoms with Crippen molar-refractivity contribution in [3.05, 3.63) is 18.0 Å². The number of rotatable bonds is 6. The number of carbonyl (C=O) groups excluding carboxylic acids is 1. The SMILES string of the molecule is CC1CCN(CCCCNC(=O)c2cnn(C)c2)CC1. The summed E-state index contributed by atoms with van der Waals surface area (Å²) in [7, 11) is 1.82. The van der Waals surface area contributed by atoms with Crippen molar-refractivity contribution in [3.8, 4) is 0 Å². The smallest absolute Gasteiger partial charge is 0.254 e. The lowest BCUT2D eigenvalue weighted by Gasteiger charge is -2.30. The third-order valence-electron chi connectivity index (χ3n) is 4.03. The van der Waals surface area contributed by atoms with Crippen LogP contribution in [-0.2, 0) is 7.05 Å². The van der Waals surface area contributed by atoms with Gasteiger partial charge in [-0.3, -0.25) is 9.48 Å². The van der Waals surface area contributed by atoms with Gasteiger partial charge in [0.1, 0.15) is 0 Å². The normalized spacial score (nSPS) is 17.3. The quantitative estimate of drug-likeness (QED) is 0.805. The second kappa shape index (κ2) is 7.43. The third-order valence-corrected chi connectivity index (χ3v) is 4.03. The Balaban J connectivity index is 1.54. The van der Waals surface area contributed by atoms with Gasteiger partial charge in [0.15, 0.2) is 0 Å². The molecule has 0 bridgehead atoms. The van der Waals surface area contributed by atoms with Crippen molar-refractivity contribution in [2.24, 2.45) is 13.0 Å². The van der Waals surface area contributed by atoms with Gasteiger partial charge in [0.05, 0.1) is 11.8 Å². The third kappa shape index (κ3) is 4.63. The molecular weight excluding hydrogens is 252 g/mol. The van der Waals surface area contributed by atoms with E-state index in [1.54, 1.807) is 17.1 Å². The molecule has 5 nitrogen and oxygen atoms in total. The summed E-state index contributed by atoms with van der Waals surface area (Å²) >= 11 is 0. The van der Waals surface area contributed by atoms with Crippen LogP contribution in [0.2, 0.25) is 0 Å². The van der Waals surface area contributed by atoms with Crippen molar-refractivity contribution in [2.75, 3.05) is 26.2 Å². The fourth-order valence-electron chi connectivity index (χ4n) is 2.59. The molecule has 1 fully saturated rings. The van der Waals surface area contributed by atoms with Crippen LogP contribution in [0.4, 0.5) is 0 Å². The van der Waals surface area contributed by atoms with Gasteiger partial charge in [0.25, 0.3) is 5.91 Å². The number of piperidine rings is 1. The molecule has 2 heterocycles. The van der Waals surface area contributed by atoms with Crippen LogP contribution in [0.15, 0.2) is 12.4 Å². The second-order valence-corrected chi connectivity index (χ2v) is 5.89. The number of aryl methyl sites for hydroxylation is 1. The number of hydrogen-bond donors (Lipinski definition) is 1. The van der Waals surface area contributed by atoms with Gasteiger partial charge in [-0.25, -0.2) is 0 Å². The molecule has 0 radical (unpaired) electrons. The van der Waals surface area contributed by atoms with Gasteiger partial charge in [-0.2, -0.15) is 5.10 Å². The lowest BCUT2D eigenvalue weighted by atomic mass is 9.99. The minimum absolute atomic E-state index is 0.0232. The van der Waals surface area contributed by atoms with Gasteiger partial charge in [-0.15, -0.1) is 0 Å². The lowest BCUT2D eigenvalue weighted by molar-refractivity contribution is 0.0952. The molecule has 0 saturated carbocycles. The second-order valence-electron chi connectivity index (χ2n) is 5.89. The first-order chi connectivity index (χ1) is 9.65. The van der Waals surface area contributed by atoms with Gasteiger partial charge in [-0.1, -0.05) is 6.92 Å². The summed E-state index contributed by atoms with van der Waals surface area (Å²) in [6.07, 6.45) is 8.20. The monoisotopic (exact) mass is 278 g/mol. The molecule has 0 atom stereocenters. The first kappa shape index (κ1) is 15.0. The Hall–Kier alpha value is -1.36. The predicted octanol–water partition coefficient (Wildman–Crippen LogP) is 1.66. The van der Waals surface area contributed by atoms with Crippen LogP contribution in [0, 0.1) is 5.92 Å². The van der Waals surface area contributed by atoms with Crippen molar-refractivity contribution in [1.82, 2.24) is 20.0 Å². The Morgan fingerprint density at radius 2 is 2.15 bits per heavy atom. The van der Waals surface area contributed by atoms with E-state index >= 15 is 0 Å². The summed E-state index contributed by atoms with van der Waals surface area (Å²) in [6.45, 7) is 6.73. The molecular formula is C15H26N4O. The van der Waals surface area contributed by atoms with E-state index in [0.717, 1.165) is 31.8 Å². The molecule has 1 N–H and O–H groups in total. The molecule has 1 aromatic heterocycles. The minimum atomic E-state index is -0.0232. The maximum atomic E-state index is 11.8. The molecule has 0 spiro atoms. The average molecular weight is 278 g/mol. The van der Waals surface area contributed by atoms with Crippen LogP contribution in [-0.4, -0.2) is 46.8 Å². The first-order valence-electron chi connectivity index (χ1n) is 7.64. The minimum Gasteiger partial charge on any atom is -0.352 e. The van der Waals surface area contributed by atoms with E-state index in [1.165, 1.54) is 25.9 Å². The number of unbranched alkanes of at least 4 members (excludes halogenated alkanes) is 1. The number of nitrogens with zero attached hydrogens (tertiary/aromatic N) is 3. The summed E-state index contributed by atoms with van der Waals surface area (Å²) in [6, 6.07) is 0. The number of carbonyl (C=O) groups is 1. The molecule has 20 heavy (non-hydrogen) atoms. The van der Waals surface area contributed by atoms with Crippen LogP contribution in [0.3, 0.4) is 0 Å². The zero-order valence-corrected chi connectivity index (χ0v) is 12.6. The molecule has 5 heteroatoms. The highest BCUT2D eigenvalue weighted by molar-refractivity contribution is 5.93. The summed E-state index contributed by atoms with van der Waals surface area (Å²) in [4.78, 5) is 14.3. The van der Waals surface area contributed by atoms with Crippen LogP contribution < -0.4 is 5.32 Å². The van der Waals surface area contributed by atoms with Crippen LogP contribution in [0.25, 0.3) is 0 Å². The summed E-state index contributed by atoms with van der Waals surface area (Å²) in [5.41, 5.74) is 0.637. The van der Waals surface area contributed by atoms with Crippen LogP contribution in [0.5, 0.6) is 0 Å². The molecule has 1 saturated heterocycles. The van der Waals surface area contributed by atoms with Crippen LogP contribution >= 0.6 is 0 Å². The van der Waals surface area contributed by atoms with Gasteiger partial charge >= 0.3 is 0 Å². The van der Waals surface area contributed by atoms with Gasteiger partial charge < -0.3 is 10.2 Å². The Bertz CT molecular complexity index is 421. The van der Waals surface area contributed by atoms with E-state index in [0.29, 0.717) is 5.56 Å². The zero-order valence-electron chi connectivity index (χ0n) is 12.6. The fraction of sp³-hybridized carbons (Fsp3) is 0.733. The topological polar surface area (TPSA) is 50.2 Å². The number of likely N-dealkylation sites (tertiary alicyclic amines) is 1. The molecule has 0 aliphatic carbocycles. The van der Waals surface area contributed by atoms with E-state index in [-0.39, 0.29) is 5.91 Å². The highest BCUT2D eigenvalue weighted by Crippen LogP contribution is 2.15. The number of aromatic nitrogens is 2. The van der Waals surface area contributed by atoms with E-state index in [4.69, 9.17) is 0 Å². The van der Waals surface area contributed by atoms with Gasteiger partial charge in [0.2, 0.25) is 0 Å². The van der Waals surface area contributed by atoms with E-state index in [9.17, 15) is 4.79 Å². The number of hydrogen-bond acceptors (Lipinski definition) is 3. The van der Waals surface area contributed by atoms with E-state index in [2.05, 4.69) is 22.2 Å². The molecule has 0 aromatic carbocycles. The number of amides is 1. The Morgan fingerprint density at radius 1 is 1.40 bits per heavy atom. The maximum Gasteiger partial charge on any atom is 0.254 e. The molecule has 0 unspecified atom stereocenters. The zero-order chi connectivity index (χ0) is 14.4. The molecule has 1 amide bonds. The van der Waals surface area contributed by atoms with E-state index < -0.39 is 0 Å². The predicted molar refractivity (Wildman–Crippen MR) is 79.6 cm³/mol. The first-order valence-corrected chi connectivity index (χ1v) is 7.64. The summed E-state index contributed by atoms with van der Waals surface area (Å²) < 4.78 is 1.65. The molecule has 2 rings (SSSR count). The van der Waals surface area contributed by atoms with Gasteiger partial charge in [-0.05, 0) is 51.2 Å². The Kier molecular flexibility index (Phi) is 5.59. The van der Waals surface area contributed by atoms with Crippen molar-refractivity contribution >= 4 is 5.91 Å². The Morgan fingerprint density at radius 3 is 2.80 bits per heavy atom. The van der Waals surface area contributed by atoms with Crippen molar-refractivity contribution < 1.29 is 4.79 Å². The highest BCUT2D eigenvalue weighted by atomic mass is 16.1. The maximum absolute atomic E-state index is 11.8. The largest absolute Gasteiger partial charge is 0.352 e. The molecule has 1 aliphatic rings. The summed E-state index contributed by atoms with van der Waals surface area (Å²) in [5.74, 6) is 0.870. The lowest BCUT2D eigenvalue weighted by Crippen LogP contribution is -2.34. The average Bonchev–Trinajstić information content (AvgIpc) is 2.87. The summed E-state index contributed by atoms with van der Waals surface area (Å²) in [5, 5.41) is 6.94. The standard InChI is InChI=1S/C15H26N4O/c1-13-5-9-19(10-6-13)8-4-3-7-16-15(20)14-11-17-18(2)12-14/h11-13H,3-10H2,1-2H3,(H,16,20). The van der Waals surface area contributed by atoms with Crippen molar-refractivity contribution in [2.45, 2.75) is 32.6 Å². The molecule has 112 valence electrons.